The van der Waals surface area contributed by atoms with E-state index in [1.165, 1.54) is 60.9 Å². The Labute approximate surface area is 242 Å². The molecule has 0 N–H and O–H groups in total. The number of aromatic nitrogens is 1. The lowest BCUT2D eigenvalue weighted by molar-refractivity contribution is 0.698. The third-order valence-electron chi connectivity index (χ3n) is 8.33. The van der Waals surface area contributed by atoms with Gasteiger partial charge in [0.05, 0.1) is 11.0 Å². The third-order valence-corrected chi connectivity index (χ3v) is 8.33. The van der Waals surface area contributed by atoms with Crippen LogP contribution in [0.15, 0.2) is 152 Å². The van der Waals surface area contributed by atoms with Crippen LogP contribution in [0.2, 0.25) is 0 Å². The van der Waals surface area contributed by atoms with Crippen molar-refractivity contribution in [3.63, 3.8) is 0 Å². The monoisotopic (exact) mass is 527 g/mol. The van der Waals surface area contributed by atoms with Crippen LogP contribution in [0, 0.1) is 0 Å². The van der Waals surface area contributed by atoms with Crippen LogP contribution in [0.1, 0.15) is 36.8 Å². The van der Waals surface area contributed by atoms with Crippen LogP contribution < -0.4 is 0 Å². The van der Waals surface area contributed by atoms with E-state index in [1.54, 1.807) is 0 Å². The van der Waals surface area contributed by atoms with Gasteiger partial charge in [-0.3, -0.25) is 0 Å². The molecular weight excluding hydrogens is 494 g/mol. The fraction of sp³-hybridized carbons (Fsp3) is 0.100. The number of para-hydroxylation sites is 2. The van der Waals surface area contributed by atoms with Gasteiger partial charge in [-0.25, -0.2) is 0 Å². The molecule has 1 heterocycles. The van der Waals surface area contributed by atoms with Gasteiger partial charge in [-0.15, -0.1) is 0 Å². The van der Waals surface area contributed by atoms with Gasteiger partial charge in [-0.1, -0.05) is 135 Å². The van der Waals surface area contributed by atoms with Gasteiger partial charge < -0.3 is 4.57 Å². The SMILES string of the molecule is CCCC(c1ccc(-c2ccccc2)cc1)c1ccc(-c2ccc3c(c2)c2ccccc2n3-c2ccccc2)cc1. The minimum atomic E-state index is 0.394. The Balaban J connectivity index is 1.23. The fourth-order valence-electron chi connectivity index (χ4n) is 6.27. The van der Waals surface area contributed by atoms with Gasteiger partial charge in [0.15, 0.2) is 0 Å². The molecule has 0 saturated carbocycles. The van der Waals surface area contributed by atoms with Gasteiger partial charge in [0.25, 0.3) is 0 Å². The smallest absolute Gasteiger partial charge is 0.0541 e. The van der Waals surface area contributed by atoms with Gasteiger partial charge in [0.1, 0.15) is 0 Å². The van der Waals surface area contributed by atoms with Crippen molar-refractivity contribution in [3.8, 4) is 27.9 Å². The Morgan fingerprint density at radius 2 is 0.976 bits per heavy atom. The number of fused-ring (bicyclic) bond motifs is 3. The third kappa shape index (κ3) is 4.74. The average Bonchev–Trinajstić information content (AvgIpc) is 3.38. The van der Waals surface area contributed by atoms with Gasteiger partial charge in [0, 0.05) is 22.4 Å². The molecule has 1 unspecified atom stereocenters. The van der Waals surface area contributed by atoms with E-state index in [-0.39, 0.29) is 0 Å². The fourth-order valence-corrected chi connectivity index (χ4v) is 6.27. The first kappa shape index (κ1) is 25.1. The highest BCUT2D eigenvalue weighted by atomic mass is 15.0. The number of hydrogen-bond acceptors (Lipinski definition) is 0. The largest absolute Gasteiger partial charge is 0.309 e. The van der Waals surface area contributed by atoms with Gasteiger partial charge >= 0.3 is 0 Å². The lowest BCUT2D eigenvalue weighted by Gasteiger charge is -2.18. The molecule has 1 nitrogen and oxygen atoms in total. The van der Waals surface area contributed by atoms with E-state index in [2.05, 4.69) is 163 Å². The summed E-state index contributed by atoms with van der Waals surface area (Å²) in [5.41, 5.74) is 11.5. The first-order valence-corrected chi connectivity index (χ1v) is 14.6. The van der Waals surface area contributed by atoms with E-state index >= 15 is 0 Å². The predicted molar refractivity (Wildman–Crippen MR) is 175 cm³/mol. The molecule has 0 bridgehead atoms. The van der Waals surface area contributed by atoms with E-state index < -0.39 is 0 Å². The minimum absolute atomic E-state index is 0.394. The van der Waals surface area contributed by atoms with Crippen LogP contribution in [0.4, 0.5) is 0 Å². The van der Waals surface area contributed by atoms with E-state index in [0.29, 0.717) is 5.92 Å². The number of benzene rings is 6. The van der Waals surface area contributed by atoms with Crippen molar-refractivity contribution in [2.75, 3.05) is 0 Å². The first-order valence-electron chi connectivity index (χ1n) is 14.6. The molecule has 6 aromatic carbocycles. The number of nitrogens with zero attached hydrogens (tertiary/aromatic N) is 1. The molecule has 0 fully saturated rings. The summed E-state index contributed by atoms with van der Waals surface area (Å²) < 4.78 is 2.37. The summed E-state index contributed by atoms with van der Waals surface area (Å²) in [5.74, 6) is 0.394. The van der Waals surface area contributed by atoms with E-state index in [1.807, 2.05) is 0 Å². The zero-order chi connectivity index (χ0) is 27.6. The standard InChI is InChI=1S/C40H33N/c1-2-11-36(32-22-18-30(19-23-32)29-12-5-3-6-13-29)33-24-20-31(21-25-33)34-26-27-40-38(28-34)37-16-9-10-17-39(37)41(40)35-14-7-4-8-15-35/h3-10,12-28,36H,2,11H2,1H3. The molecule has 0 amide bonds. The molecule has 0 radical (unpaired) electrons. The van der Waals surface area contributed by atoms with Crippen molar-refractivity contribution >= 4 is 21.8 Å². The topological polar surface area (TPSA) is 4.93 Å². The molecule has 0 aliphatic carbocycles. The molecule has 0 aliphatic rings. The highest BCUT2D eigenvalue weighted by molar-refractivity contribution is 6.10. The van der Waals surface area contributed by atoms with Crippen molar-refractivity contribution in [3.05, 3.63) is 163 Å². The van der Waals surface area contributed by atoms with Crippen LogP contribution in [0.25, 0.3) is 49.7 Å². The second kappa shape index (κ2) is 10.9. The van der Waals surface area contributed by atoms with Crippen LogP contribution >= 0.6 is 0 Å². The zero-order valence-corrected chi connectivity index (χ0v) is 23.4. The van der Waals surface area contributed by atoms with Crippen molar-refractivity contribution < 1.29 is 0 Å². The molecule has 198 valence electrons. The molecular formula is C40H33N. The summed E-state index contributed by atoms with van der Waals surface area (Å²) in [6.45, 7) is 2.28. The van der Waals surface area contributed by atoms with E-state index in [9.17, 15) is 0 Å². The highest BCUT2D eigenvalue weighted by Crippen LogP contribution is 2.36. The van der Waals surface area contributed by atoms with Crippen molar-refractivity contribution in [1.82, 2.24) is 4.57 Å². The van der Waals surface area contributed by atoms with Crippen molar-refractivity contribution in [2.24, 2.45) is 0 Å². The summed E-state index contributed by atoms with van der Waals surface area (Å²) >= 11 is 0. The quantitative estimate of drug-likeness (QED) is 0.194. The lowest BCUT2D eigenvalue weighted by atomic mass is 9.86. The normalized spacial score (nSPS) is 12.1. The van der Waals surface area contributed by atoms with E-state index in [0.717, 1.165) is 12.8 Å². The van der Waals surface area contributed by atoms with Crippen LogP contribution in [-0.4, -0.2) is 4.57 Å². The van der Waals surface area contributed by atoms with Crippen molar-refractivity contribution in [1.29, 1.82) is 0 Å². The molecule has 7 rings (SSSR count). The molecule has 1 heteroatoms. The molecule has 41 heavy (non-hydrogen) atoms. The summed E-state index contributed by atoms with van der Waals surface area (Å²) in [7, 11) is 0. The zero-order valence-electron chi connectivity index (χ0n) is 23.4. The molecule has 7 aromatic rings. The molecule has 1 atom stereocenters. The molecule has 0 aliphatic heterocycles. The summed E-state index contributed by atoms with van der Waals surface area (Å²) in [6, 6.07) is 55.3. The van der Waals surface area contributed by atoms with Gasteiger partial charge in [-0.05, 0) is 70.1 Å². The van der Waals surface area contributed by atoms with Crippen LogP contribution in [0.5, 0.6) is 0 Å². The van der Waals surface area contributed by atoms with Gasteiger partial charge in [-0.2, -0.15) is 0 Å². The maximum atomic E-state index is 2.37. The summed E-state index contributed by atoms with van der Waals surface area (Å²) in [5, 5.41) is 2.57. The molecule has 0 spiro atoms. The molecule has 0 saturated heterocycles. The predicted octanol–water partition coefficient (Wildman–Crippen LogP) is 11.0. The van der Waals surface area contributed by atoms with Crippen LogP contribution in [-0.2, 0) is 0 Å². The Morgan fingerprint density at radius 1 is 0.463 bits per heavy atom. The van der Waals surface area contributed by atoms with E-state index in [4.69, 9.17) is 0 Å². The number of hydrogen-bond donors (Lipinski definition) is 0. The number of rotatable bonds is 7. The maximum absolute atomic E-state index is 2.37. The first-order chi connectivity index (χ1) is 20.3. The maximum Gasteiger partial charge on any atom is 0.0541 e. The summed E-state index contributed by atoms with van der Waals surface area (Å²) in [6.07, 6.45) is 2.28. The Hall–Kier alpha value is -4.88. The second-order valence-corrected chi connectivity index (χ2v) is 10.9. The Kier molecular flexibility index (Phi) is 6.70. The van der Waals surface area contributed by atoms with Crippen molar-refractivity contribution in [2.45, 2.75) is 25.7 Å². The van der Waals surface area contributed by atoms with Gasteiger partial charge in [0.2, 0.25) is 0 Å². The average molecular weight is 528 g/mol. The highest BCUT2D eigenvalue weighted by Gasteiger charge is 2.16. The second-order valence-electron chi connectivity index (χ2n) is 10.9. The minimum Gasteiger partial charge on any atom is -0.309 e. The molecule has 1 aromatic heterocycles. The Morgan fingerprint density at radius 3 is 1.63 bits per heavy atom. The Bertz CT molecular complexity index is 1910. The summed E-state index contributed by atoms with van der Waals surface area (Å²) in [4.78, 5) is 0. The van der Waals surface area contributed by atoms with Crippen LogP contribution in [0.3, 0.4) is 0 Å². The lowest BCUT2D eigenvalue weighted by Crippen LogP contribution is -2.01.